The van der Waals surface area contributed by atoms with Crippen LogP contribution in [0.3, 0.4) is 0 Å². The molecule has 1 aromatic heterocycles. The number of nitrogens with zero attached hydrogens (tertiary/aromatic N) is 1. The van der Waals surface area contributed by atoms with Crippen molar-refractivity contribution in [1.29, 1.82) is 0 Å². The van der Waals surface area contributed by atoms with Crippen LogP contribution in [0.4, 0.5) is 0 Å². The summed E-state index contributed by atoms with van der Waals surface area (Å²) in [6.45, 7) is 1.97. The Bertz CT molecular complexity index is 789. The normalized spacial score (nSPS) is 15.5. The van der Waals surface area contributed by atoms with Crippen LogP contribution in [0.5, 0.6) is 0 Å². The first-order chi connectivity index (χ1) is 9.98. The molecule has 1 fully saturated rings. The van der Waals surface area contributed by atoms with Crippen molar-refractivity contribution in [2.45, 2.75) is 36.6 Å². The van der Waals surface area contributed by atoms with Gasteiger partial charge in [0.1, 0.15) is 0 Å². The maximum Gasteiger partial charge on any atom is 0.305 e. The van der Waals surface area contributed by atoms with Crippen LogP contribution in [0.25, 0.3) is 0 Å². The fourth-order valence-corrected chi connectivity index (χ4v) is 5.36. The first kappa shape index (κ1) is 14.5. The lowest BCUT2D eigenvalue weighted by Crippen LogP contribution is -2.32. The average Bonchev–Trinajstić information content (AvgIpc) is 3.21. The van der Waals surface area contributed by atoms with Crippen molar-refractivity contribution in [2.75, 3.05) is 0 Å². The van der Waals surface area contributed by atoms with Crippen molar-refractivity contribution in [2.24, 2.45) is 0 Å². The fourth-order valence-electron chi connectivity index (χ4n) is 2.28. The third kappa shape index (κ3) is 2.95. The van der Waals surface area contributed by atoms with Gasteiger partial charge in [0.25, 0.3) is 10.0 Å². The van der Waals surface area contributed by atoms with Gasteiger partial charge in [-0.1, -0.05) is 41.7 Å². The zero-order valence-electron chi connectivity index (χ0n) is 11.6. The first-order valence-corrected chi connectivity index (χ1v) is 8.99. The van der Waals surface area contributed by atoms with Gasteiger partial charge >= 0.3 is 4.87 Å². The Morgan fingerprint density at radius 1 is 1.29 bits per heavy atom. The molecule has 0 atom stereocenters. The Labute approximate surface area is 127 Å². The molecule has 1 heterocycles. The van der Waals surface area contributed by atoms with Gasteiger partial charge < -0.3 is 4.98 Å². The second kappa shape index (κ2) is 5.40. The van der Waals surface area contributed by atoms with E-state index >= 15 is 0 Å². The molecule has 0 spiro atoms. The summed E-state index contributed by atoms with van der Waals surface area (Å²) in [5, 5.41) is 0. The number of thiazole rings is 1. The van der Waals surface area contributed by atoms with Crippen molar-refractivity contribution < 1.29 is 8.42 Å². The summed E-state index contributed by atoms with van der Waals surface area (Å²) in [4.78, 5) is 13.6. The number of aromatic nitrogens is 1. The highest BCUT2D eigenvalue weighted by atomic mass is 32.2. The van der Waals surface area contributed by atoms with E-state index in [9.17, 15) is 13.2 Å². The monoisotopic (exact) mass is 324 g/mol. The smallest absolute Gasteiger partial charge is 0.305 e. The number of nitrogens with one attached hydrogen (secondary N) is 1. The predicted octanol–water partition coefficient (Wildman–Crippen LogP) is 2.10. The van der Waals surface area contributed by atoms with E-state index < -0.39 is 10.0 Å². The summed E-state index contributed by atoms with van der Waals surface area (Å²) in [7, 11) is -3.63. The number of rotatable bonds is 5. The molecule has 1 aliphatic carbocycles. The molecule has 7 heteroatoms. The molecule has 0 saturated heterocycles. The molecule has 0 aliphatic heterocycles. The van der Waals surface area contributed by atoms with Crippen molar-refractivity contribution >= 4 is 21.4 Å². The minimum Gasteiger partial charge on any atom is -0.315 e. The molecule has 1 N–H and O–H groups in total. The molecule has 21 heavy (non-hydrogen) atoms. The Morgan fingerprint density at radius 3 is 2.48 bits per heavy atom. The van der Waals surface area contributed by atoms with Crippen LogP contribution >= 0.6 is 11.3 Å². The third-order valence-corrected chi connectivity index (χ3v) is 6.94. The minimum atomic E-state index is -3.63. The molecule has 1 saturated carbocycles. The van der Waals surface area contributed by atoms with E-state index in [4.69, 9.17) is 0 Å². The quantitative estimate of drug-likeness (QED) is 0.915. The van der Waals surface area contributed by atoms with Crippen LogP contribution < -0.4 is 4.87 Å². The Morgan fingerprint density at radius 2 is 1.95 bits per heavy atom. The van der Waals surface area contributed by atoms with Gasteiger partial charge in [-0.25, -0.2) is 8.42 Å². The van der Waals surface area contributed by atoms with E-state index in [1.807, 2.05) is 30.3 Å². The van der Waals surface area contributed by atoms with Gasteiger partial charge in [-0.3, -0.25) is 4.79 Å². The van der Waals surface area contributed by atoms with E-state index in [0.29, 0.717) is 12.2 Å². The van der Waals surface area contributed by atoms with Crippen LogP contribution in [0.2, 0.25) is 0 Å². The lowest BCUT2D eigenvalue weighted by atomic mass is 10.2. The second-order valence-corrected chi connectivity index (χ2v) is 8.26. The Balaban J connectivity index is 1.97. The maximum atomic E-state index is 12.8. The standard InChI is InChI=1S/C14H16N2O3S2/c1-10-13(20-14(17)15-10)21(18,19)16(12-7-8-12)9-11-5-3-2-4-6-11/h2-6,12H,7-9H2,1H3,(H,15,17). The van der Waals surface area contributed by atoms with Crippen molar-refractivity contribution in [3.8, 4) is 0 Å². The molecule has 3 rings (SSSR count). The van der Waals surface area contributed by atoms with Crippen LogP contribution in [0, 0.1) is 6.92 Å². The van der Waals surface area contributed by atoms with Gasteiger partial charge in [0.2, 0.25) is 0 Å². The predicted molar refractivity (Wildman–Crippen MR) is 81.9 cm³/mol. The molecule has 1 aliphatic rings. The van der Waals surface area contributed by atoms with Gasteiger partial charge in [0.05, 0.1) is 0 Å². The molecule has 0 unspecified atom stereocenters. The van der Waals surface area contributed by atoms with E-state index in [-0.39, 0.29) is 15.1 Å². The molecule has 0 amide bonds. The number of benzene rings is 1. The average molecular weight is 324 g/mol. The molecule has 112 valence electrons. The highest BCUT2D eigenvalue weighted by molar-refractivity contribution is 7.91. The van der Waals surface area contributed by atoms with Crippen LogP contribution in [-0.2, 0) is 16.6 Å². The van der Waals surface area contributed by atoms with Crippen LogP contribution in [-0.4, -0.2) is 23.7 Å². The van der Waals surface area contributed by atoms with E-state index in [2.05, 4.69) is 4.98 Å². The zero-order valence-corrected chi connectivity index (χ0v) is 13.2. The minimum absolute atomic E-state index is 0.0480. The Hall–Kier alpha value is -1.44. The molecule has 0 bridgehead atoms. The third-order valence-electron chi connectivity index (χ3n) is 3.46. The number of hydrogen-bond acceptors (Lipinski definition) is 4. The van der Waals surface area contributed by atoms with Crippen molar-refractivity contribution in [3.05, 3.63) is 51.3 Å². The summed E-state index contributed by atoms with van der Waals surface area (Å²) in [6, 6.07) is 9.57. The van der Waals surface area contributed by atoms with Gasteiger partial charge in [-0.15, -0.1) is 0 Å². The zero-order chi connectivity index (χ0) is 15.0. The van der Waals surface area contributed by atoms with Gasteiger partial charge in [-0.2, -0.15) is 4.31 Å². The number of aromatic amines is 1. The number of aryl methyl sites for hydroxylation is 1. The Kier molecular flexibility index (Phi) is 3.73. The van der Waals surface area contributed by atoms with Crippen LogP contribution in [0.15, 0.2) is 39.3 Å². The first-order valence-electron chi connectivity index (χ1n) is 6.74. The molecule has 1 aromatic carbocycles. The highest BCUT2D eigenvalue weighted by Crippen LogP contribution is 2.34. The second-order valence-electron chi connectivity index (χ2n) is 5.19. The number of sulfonamides is 1. The molecule has 2 aromatic rings. The number of hydrogen-bond donors (Lipinski definition) is 1. The van der Waals surface area contributed by atoms with Crippen LogP contribution in [0.1, 0.15) is 24.1 Å². The summed E-state index contributed by atoms with van der Waals surface area (Å²) in [5.74, 6) is 0. The maximum absolute atomic E-state index is 12.8. The van der Waals surface area contributed by atoms with E-state index in [0.717, 1.165) is 29.7 Å². The van der Waals surface area contributed by atoms with Gasteiger partial charge in [0.15, 0.2) is 4.21 Å². The number of H-pyrrole nitrogens is 1. The summed E-state index contributed by atoms with van der Waals surface area (Å²) in [6.07, 6.45) is 1.76. The molecule has 0 radical (unpaired) electrons. The van der Waals surface area contributed by atoms with Gasteiger partial charge in [0, 0.05) is 18.3 Å². The molecular formula is C14H16N2O3S2. The molecular weight excluding hydrogens is 308 g/mol. The van der Waals surface area contributed by atoms with Gasteiger partial charge in [-0.05, 0) is 25.3 Å². The summed E-state index contributed by atoms with van der Waals surface area (Å²) < 4.78 is 27.3. The van der Waals surface area contributed by atoms with Crippen molar-refractivity contribution in [1.82, 2.24) is 9.29 Å². The highest BCUT2D eigenvalue weighted by Gasteiger charge is 2.39. The van der Waals surface area contributed by atoms with Crippen molar-refractivity contribution in [3.63, 3.8) is 0 Å². The lowest BCUT2D eigenvalue weighted by molar-refractivity contribution is 0.399. The summed E-state index contributed by atoms with van der Waals surface area (Å²) in [5.41, 5.74) is 1.37. The SMILES string of the molecule is Cc1[nH]c(=O)sc1S(=O)(=O)N(Cc1ccccc1)C1CC1. The topological polar surface area (TPSA) is 70.2 Å². The lowest BCUT2D eigenvalue weighted by Gasteiger charge is -2.21. The summed E-state index contributed by atoms with van der Waals surface area (Å²) >= 11 is 0.765. The van der Waals surface area contributed by atoms with E-state index in [1.165, 1.54) is 4.31 Å². The molecule has 5 nitrogen and oxygen atoms in total. The largest absolute Gasteiger partial charge is 0.315 e. The fraction of sp³-hybridized carbons (Fsp3) is 0.357. The van der Waals surface area contributed by atoms with E-state index in [1.54, 1.807) is 6.92 Å².